The minimum absolute atomic E-state index is 0.107. The number of nitrogens with one attached hydrogen (secondary N) is 1. The van der Waals surface area contributed by atoms with Gasteiger partial charge in [0.05, 0.1) is 12.6 Å². The number of carboxylic acid groups (broad SMARTS) is 1. The van der Waals surface area contributed by atoms with Crippen LogP contribution >= 0.6 is 0 Å². The first kappa shape index (κ1) is 12.6. The minimum Gasteiger partial charge on any atom is -0.481 e. The van der Waals surface area contributed by atoms with Gasteiger partial charge in [-0.2, -0.15) is 0 Å². The Bertz CT molecular complexity index is 462. The summed E-state index contributed by atoms with van der Waals surface area (Å²) in [6.45, 7) is 2.06. The maximum Gasteiger partial charge on any atom is 0.303 e. The lowest BCUT2D eigenvalue weighted by Crippen LogP contribution is -2.43. The third kappa shape index (κ3) is 2.52. The van der Waals surface area contributed by atoms with Gasteiger partial charge in [0.2, 0.25) is 0 Å². The van der Waals surface area contributed by atoms with Crippen LogP contribution in [0.1, 0.15) is 41.8 Å². The lowest BCUT2D eigenvalue weighted by Gasteiger charge is -2.40. The SMILES string of the molecule is Cc1oncc1C(=O)NCC1(CC(=O)O)CCC1. The van der Waals surface area contributed by atoms with Gasteiger partial charge in [-0.1, -0.05) is 11.6 Å². The molecule has 0 spiro atoms. The summed E-state index contributed by atoms with van der Waals surface area (Å²) >= 11 is 0. The zero-order valence-corrected chi connectivity index (χ0v) is 10.2. The predicted octanol–water partition coefficient (Wildman–Crippen LogP) is 1.36. The summed E-state index contributed by atoms with van der Waals surface area (Å²) in [5.74, 6) is -0.607. The molecule has 1 saturated carbocycles. The molecule has 1 amide bonds. The average molecular weight is 252 g/mol. The minimum atomic E-state index is -0.815. The molecule has 1 aliphatic carbocycles. The van der Waals surface area contributed by atoms with Crippen LogP contribution in [-0.2, 0) is 4.79 Å². The molecule has 6 nitrogen and oxygen atoms in total. The molecular formula is C12H16N2O4. The van der Waals surface area contributed by atoms with Gasteiger partial charge in [0.15, 0.2) is 0 Å². The van der Waals surface area contributed by atoms with E-state index >= 15 is 0 Å². The molecule has 1 aromatic heterocycles. The molecule has 1 heterocycles. The molecule has 1 fully saturated rings. The van der Waals surface area contributed by atoms with E-state index in [1.165, 1.54) is 6.20 Å². The van der Waals surface area contributed by atoms with Crippen molar-refractivity contribution in [3.8, 4) is 0 Å². The Hall–Kier alpha value is -1.85. The number of amides is 1. The molecule has 0 atom stereocenters. The molecule has 0 aliphatic heterocycles. The van der Waals surface area contributed by atoms with Crippen molar-refractivity contribution in [2.24, 2.45) is 5.41 Å². The number of aryl methyl sites for hydroxylation is 1. The highest BCUT2D eigenvalue weighted by atomic mass is 16.5. The van der Waals surface area contributed by atoms with E-state index in [4.69, 9.17) is 9.63 Å². The van der Waals surface area contributed by atoms with Crippen LogP contribution in [-0.4, -0.2) is 28.7 Å². The van der Waals surface area contributed by atoms with Gasteiger partial charge in [0, 0.05) is 6.54 Å². The molecule has 6 heteroatoms. The fourth-order valence-corrected chi connectivity index (χ4v) is 2.29. The van der Waals surface area contributed by atoms with Gasteiger partial charge >= 0.3 is 5.97 Å². The van der Waals surface area contributed by atoms with E-state index in [0.717, 1.165) is 19.3 Å². The molecular weight excluding hydrogens is 236 g/mol. The van der Waals surface area contributed by atoms with Crippen molar-refractivity contribution in [3.05, 3.63) is 17.5 Å². The lowest BCUT2D eigenvalue weighted by atomic mass is 9.66. The standard InChI is InChI=1S/C12H16N2O4/c1-8-9(6-14-18-8)11(17)13-7-12(3-2-4-12)5-10(15)16/h6H,2-5,7H2,1H3,(H,13,17)(H,15,16). The van der Waals surface area contributed by atoms with Crippen molar-refractivity contribution in [1.29, 1.82) is 0 Å². The first-order chi connectivity index (χ1) is 8.52. The first-order valence-corrected chi connectivity index (χ1v) is 5.94. The number of nitrogens with zero attached hydrogens (tertiary/aromatic N) is 1. The Kier molecular flexibility index (Phi) is 3.36. The summed E-state index contributed by atoms with van der Waals surface area (Å²) in [5, 5.41) is 15.2. The average Bonchev–Trinajstić information content (AvgIpc) is 2.67. The van der Waals surface area contributed by atoms with E-state index in [9.17, 15) is 9.59 Å². The third-order valence-corrected chi connectivity index (χ3v) is 3.56. The molecule has 2 N–H and O–H groups in total. The number of carbonyl (C=O) groups is 2. The number of aliphatic carboxylic acids is 1. The Morgan fingerprint density at radius 2 is 2.28 bits per heavy atom. The predicted molar refractivity (Wildman–Crippen MR) is 62.1 cm³/mol. The summed E-state index contributed by atoms with van der Waals surface area (Å²) in [7, 11) is 0. The Labute approximate surface area is 104 Å². The van der Waals surface area contributed by atoms with E-state index in [-0.39, 0.29) is 17.7 Å². The molecule has 1 aliphatic rings. The second-order valence-corrected chi connectivity index (χ2v) is 4.90. The van der Waals surface area contributed by atoms with Crippen molar-refractivity contribution in [2.45, 2.75) is 32.6 Å². The largest absolute Gasteiger partial charge is 0.481 e. The smallest absolute Gasteiger partial charge is 0.303 e. The first-order valence-electron chi connectivity index (χ1n) is 5.94. The van der Waals surface area contributed by atoms with Crippen molar-refractivity contribution in [2.75, 3.05) is 6.54 Å². The van der Waals surface area contributed by atoms with Crippen molar-refractivity contribution in [3.63, 3.8) is 0 Å². The van der Waals surface area contributed by atoms with Crippen molar-refractivity contribution >= 4 is 11.9 Å². The highest BCUT2D eigenvalue weighted by Gasteiger charge is 2.39. The van der Waals surface area contributed by atoms with Gasteiger partial charge in [0.25, 0.3) is 5.91 Å². The Morgan fingerprint density at radius 1 is 1.56 bits per heavy atom. The van der Waals surface area contributed by atoms with Crippen LogP contribution in [0.15, 0.2) is 10.7 Å². The molecule has 0 bridgehead atoms. The molecule has 0 saturated heterocycles. The van der Waals surface area contributed by atoms with Gasteiger partial charge in [-0.25, -0.2) is 0 Å². The number of aromatic nitrogens is 1. The maximum absolute atomic E-state index is 11.8. The summed E-state index contributed by atoms with van der Waals surface area (Å²) in [4.78, 5) is 22.6. The number of carbonyl (C=O) groups excluding carboxylic acids is 1. The van der Waals surface area contributed by atoms with E-state index in [0.29, 0.717) is 17.9 Å². The summed E-state index contributed by atoms with van der Waals surface area (Å²) in [6.07, 6.45) is 4.20. The van der Waals surface area contributed by atoms with Crippen molar-refractivity contribution < 1.29 is 19.2 Å². The molecule has 18 heavy (non-hydrogen) atoms. The van der Waals surface area contributed by atoms with Crippen LogP contribution in [0, 0.1) is 12.3 Å². The number of hydrogen-bond donors (Lipinski definition) is 2. The molecule has 2 rings (SSSR count). The Balaban J connectivity index is 1.93. The van der Waals surface area contributed by atoms with E-state index < -0.39 is 5.97 Å². The van der Waals surface area contributed by atoms with Crippen molar-refractivity contribution in [1.82, 2.24) is 10.5 Å². The molecule has 1 aromatic rings. The fourth-order valence-electron chi connectivity index (χ4n) is 2.29. The summed E-state index contributed by atoms with van der Waals surface area (Å²) in [6, 6.07) is 0. The van der Waals surface area contributed by atoms with Crippen LogP contribution in [0.4, 0.5) is 0 Å². The maximum atomic E-state index is 11.8. The summed E-state index contributed by atoms with van der Waals surface area (Å²) < 4.78 is 4.82. The van der Waals surface area contributed by atoms with Gasteiger partial charge in [-0.15, -0.1) is 0 Å². The second kappa shape index (κ2) is 4.80. The highest BCUT2D eigenvalue weighted by molar-refractivity contribution is 5.94. The van der Waals surface area contributed by atoms with Gasteiger partial charge < -0.3 is 14.9 Å². The zero-order chi connectivity index (χ0) is 13.2. The van der Waals surface area contributed by atoms with E-state index in [1.54, 1.807) is 6.92 Å². The molecule has 0 radical (unpaired) electrons. The van der Waals surface area contributed by atoms with Gasteiger partial charge in [-0.05, 0) is 25.2 Å². The van der Waals surface area contributed by atoms with Crippen LogP contribution in [0.5, 0.6) is 0 Å². The van der Waals surface area contributed by atoms with Crippen LogP contribution in [0.25, 0.3) is 0 Å². The quantitative estimate of drug-likeness (QED) is 0.825. The van der Waals surface area contributed by atoms with E-state index in [1.807, 2.05) is 0 Å². The third-order valence-electron chi connectivity index (χ3n) is 3.56. The molecule has 0 unspecified atom stereocenters. The number of hydrogen-bond acceptors (Lipinski definition) is 4. The Morgan fingerprint density at radius 3 is 2.72 bits per heavy atom. The fraction of sp³-hybridized carbons (Fsp3) is 0.583. The second-order valence-electron chi connectivity index (χ2n) is 4.90. The lowest BCUT2D eigenvalue weighted by molar-refractivity contribution is -0.141. The van der Waals surface area contributed by atoms with Gasteiger partial charge in [0.1, 0.15) is 11.3 Å². The summed E-state index contributed by atoms with van der Waals surface area (Å²) in [5.41, 5.74) is 0.131. The van der Waals surface area contributed by atoms with Gasteiger partial charge in [-0.3, -0.25) is 9.59 Å². The normalized spacial score (nSPS) is 16.9. The van der Waals surface area contributed by atoms with E-state index in [2.05, 4.69) is 10.5 Å². The zero-order valence-electron chi connectivity index (χ0n) is 10.2. The van der Waals surface area contributed by atoms with Crippen LogP contribution < -0.4 is 5.32 Å². The molecule has 0 aromatic carbocycles. The monoisotopic (exact) mass is 252 g/mol. The highest BCUT2D eigenvalue weighted by Crippen LogP contribution is 2.43. The van der Waals surface area contributed by atoms with Crippen LogP contribution in [0.2, 0.25) is 0 Å². The molecule has 98 valence electrons. The van der Waals surface area contributed by atoms with Crippen LogP contribution in [0.3, 0.4) is 0 Å². The topological polar surface area (TPSA) is 92.4 Å². The number of carboxylic acids is 1. The number of rotatable bonds is 5.